The van der Waals surface area contributed by atoms with Crippen LogP contribution in [0, 0.1) is 34.9 Å². The highest BCUT2D eigenvalue weighted by Gasteiger charge is 2.54. The van der Waals surface area contributed by atoms with Crippen LogP contribution in [0.2, 0.25) is 0 Å². The van der Waals surface area contributed by atoms with Crippen LogP contribution in [0.4, 0.5) is 38.0 Å². The summed E-state index contributed by atoms with van der Waals surface area (Å²) in [7, 11) is -0.858. The van der Waals surface area contributed by atoms with Gasteiger partial charge >= 0.3 is 7.12 Å². The first kappa shape index (κ1) is 19.5. The molecule has 3 aromatic carbocycles. The topological polar surface area (TPSA) is 49.9 Å². The van der Waals surface area contributed by atoms with Gasteiger partial charge in [-0.25, -0.2) is 35.8 Å². The maximum absolute atomic E-state index is 14.3. The Kier molecular flexibility index (Phi) is 3.07. The van der Waals surface area contributed by atoms with Crippen molar-refractivity contribution in [3.8, 4) is 0 Å². The van der Waals surface area contributed by atoms with Gasteiger partial charge in [-0.2, -0.15) is 0 Å². The summed E-state index contributed by atoms with van der Waals surface area (Å²) >= 11 is 0. The molecule has 37 heavy (non-hydrogen) atoms. The van der Waals surface area contributed by atoms with Crippen molar-refractivity contribution in [2.24, 2.45) is 15.0 Å². The fourth-order valence-electron chi connectivity index (χ4n) is 5.82. The van der Waals surface area contributed by atoms with Crippen LogP contribution < -0.4 is 11.0 Å². The molecule has 0 bridgehead atoms. The summed E-state index contributed by atoms with van der Waals surface area (Å²) in [5.41, 5.74) is 0.932. The molecule has 6 nitrogen and oxygen atoms in total. The Labute approximate surface area is 200 Å². The Balaban J connectivity index is 1.57. The van der Waals surface area contributed by atoms with Gasteiger partial charge in [-0.1, -0.05) is 9.98 Å². The molecule has 0 saturated heterocycles. The van der Waals surface area contributed by atoms with E-state index in [1.807, 2.05) is 0 Å². The van der Waals surface area contributed by atoms with Gasteiger partial charge in [-0.05, 0) is 36.4 Å². The molecule has 0 unspecified atom stereocenters. The molecule has 4 aliphatic heterocycles. The molecule has 0 atom stereocenters. The second kappa shape index (κ2) is 5.82. The van der Waals surface area contributed by atoms with Crippen molar-refractivity contribution in [2.75, 3.05) is 0 Å². The van der Waals surface area contributed by atoms with E-state index in [2.05, 4.69) is 15.0 Å². The van der Waals surface area contributed by atoms with E-state index >= 15 is 0 Å². The van der Waals surface area contributed by atoms with E-state index < -0.39 is 42.0 Å². The van der Waals surface area contributed by atoms with Gasteiger partial charge in [0.25, 0.3) is 11.7 Å². The molecule has 0 aliphatic carbocycles. The Morgan fingerprint density at radius 3 is 1.65 bits per heavy atom. The van der Waals surface area contributed by atoms with E-state index in [-0.39, 0.29) is 67.0 Å². The molecule has 4 aliphatic rings. The highest BCUT2D eigenvalue weighted by atomic mass is 19.2. The minimum absolute atomic E-state index is 0.217. The third-order valence-electron chi connectivity index (χ3n) is 7.32. The van der Waals surface area contributed by atoms with Gasteiger partial charge < -0.3 is 0 Å². The van der Waals surface area contributed by atoms with Crippen molar-refractivity contribution in [3.05, 3.63) is 93.4 Å². The van der Waals surface area contributed by atoms with Crippen molar-refractivity contribution >= 4 is 52.0 Å². The molecule has 0 radical (unpaired) electrons. The first-order valence-corrected chi connectivity index (χ1v) is 11.1. The van der Waals surface area contributed by atoms with Gasteiger partial charge in [-0.3, -0.25) is 8.96 Å². The molecule has 9 rings (SSSR count). The lowest BCUT2D eigenvalue weighted by Crippen LogP contribution is -2.60. The number of halogens is 6. The van der Waals surface area contributed by atoms with E-state index in [9.17, 15) is 26.3 Å². The van der Waals surface area contributed by atoms with Crippen LogP contribution in [0.1, 0.15) is 11.1 Å². The summed E-state index contributed by atoms with van der Waals surface area (Å²) in [4.78, 5) is 14.0. The Morgan fingerprint density at radius 2 is 1.03 bits per heavy atom. The SMILES string of the molecule is Fc1cc2c(cc1F)C1=[N+]3B4n5c(c6cc(F)c(F)cc6c5N=c5c6cc(F)c(F)cc6c(n54)=N1)N=C23. The fourth-order valence-corrected chi connectivity index (χ4v) is 5.82. The van der Waals surface area contributed by atoms with Crippen LogP contribution >= 0.6 is 0 Å². The minimum atomic E-state index is -1.09. The highest BCUT2D eigenvalue weighted by molar-refractivity contribution is 6.55. The number of rotatable bonds is 0. The average Bonchev–Trinajstić information content (AvgIpc) is 3.45. The van der Waals surface area contributed by atoms with Crippen molar-refractivity contribution in [2.45, 2.75) is 0 Å². The Bertz CT molecular complexity index is 2230. The maximum atomic E-state index is 14.3. The lowest BCUT2D eigenvalue weighted by atomic mass is 9.87. The third-order valence-corrected chi connectivity index (χ3v) is 7.32. The normalized spacial score (nSPS) is 15.7. The number of nitrogens with zero attached hydrogens (tertiary/aromatic N) is 6. The Morgan fingerprint density at radius 1 is 0.541 bits per heavy atom. The van der Waals surface area contributed by atoms with Crippen LogP contribution in [-0.4, -0.2) is 32.2 Å². The number of fused-ring (bicyclic) bond motifs is 9. The van der Waals surface area contributed by atoms with Gasteiger partial charge in [0.15, 0.2) is 34.9 Å². The number of aromatic nitrogens is 2. The molecule has 0 N–H and O–H groups in total. The molecule has 0 fully saturated rings. The standard InChI is InChI=1S/C24H6BF6N6/c26-13-1-7-8(2-14(13)27)20-33-22-11-5-17(30)18(31)6-12(11)24-34-23-10-4-16(29)15(28)3-9(10)21-32-19(7)35(20)25(36(21)23)37(22)24/h1-6H/q+1. The van der Waals surface area contributed by atoms with E-state index in [1.165, 1.54) is 0 Å². The summed E-state index contributed by atoms with van der Waals surface area (Å²) in [6.45, 7) is 0. The van der Waals surface area contributed by atoms with Crippen molar-refractivity contribution in [3.63, 3.8) is 0 Å². The van der Waals surface area contributed by atoms with Crippen molar-refractivity contribution in [1.29, 1.82) is 0 Å². The van der Waals surface area contributed by atoms with E-state index in [0.717, 1.165) is 36.4 Å². The van der Waals surface area contributed by atoms with Crippen molar-refractivity contribution < 1.29 is 30.8 Å². The van der Waals surface area contributed by atoms with Crippen molar-refractivity contribution in [1.82, 2.24) is 8.96 Å². The quantitative estimate of drug-likeness (QED) is 0.229. The van der Waals surface area contributed by atoms with Gasteiger partial charge in [-0.15, -0.1) is 0 Å². The van der Waals surface area contributed by atoms with Crippen LogP contribution in [0.15, 0.2) is 51.4 Å². The number of hydrogen-bond acceptors (Lipinski definition) is 3. The minimum Gasteiger partial charge on any atom is -0.283 e. The molecule has 0 saturated carbocycles. The molecule has 2 aromatic heterocycles. The molecule has 0 amide bonds. The summed E-state index contributed by atoms with van der Waals surface area (Å²) in [6.07, 6.45) is 0. The lowest BCUT2D eigenvalue weighted by Gasteiger charge is -2.25. The summed E-state index contributed by atoms with van der Waals surface area (Å²) < 4.78 is 91.0. The van der Waals surface area contributed by atoms with Crippen LogP contribution in [0.25, 0.3) is 21.5 Å². The predicted octanol–water partition coefficient (Wildman–Crippen LogP) is 3.57. The first-order chi connectivity index (χ1) is 17.8. The third kappa shape index (κ3) is 2.03. The van der Waals surface area contributed by atoms with Gasteiger partial charge in [0.1, 0.15) is 11.3 Å². The Hall–Kier alpha value is -4.68. The lowest BCUT2D eigenvalue weighted by molar-refractivity contribution is -0.257. The monoisotopic (exact) mass is 503 g/mol. The molecule has 5 aromatic rings. The van der Waals surface area contributed by atoms with Crippen LogP contribution in [-0.2, 0) is 0 Å². The molecular formula is C24H6BF6N6+. The fraction of sp³-hybridized carbons (Fsp3) is 0. The molecule has 176 valence electrons. The first-order valence-electron chi connectivity index (χ1n) is 11.1. The van der Waals surface area contributed by atoms with Crippen LogP contribution in [0.5, 0.6) is 0 Å². The van der Waals surface area contributed by atoms with Crippen LogP contribution in [0.3, 0.4) is 0 Å². The second-order valence-electron chi connectivity index (χ2n) is 9.17. The molecule has 13 heteroatoms. The van der Waals surface area contributed by atoms with E-state index in [1.54, 1.807) is 13.4 Å². The molecule has 6 heterocycles. The number of aliphatic imine (C=N–C) groups is 1. The van der Waals surface area contributed by atoms with E-state index in [4.69, 9.17) is 0 Å². The zero-order chi connectivity index (χ0) is 25.1. The average molecular weight is 503 g/mol. The maximum Gasteiger partial charge on any atom is 0.612 e. The van der Waals surface area contributed by atoms with Gasteiger partial charge in [0, 0.05) is 21.5 Å². The zero-order valence-corrected chi connectivity index (χ0v) is 18.0. The number of benzene rings is 3. The largest absolute Gasteiger partial charge is 0.612 e. The van der Waals surface area contributed by atoms with E-state index in [0.29, 0.717) is 0 Å². The predicted molar refractivity (Wildman–Crippen MR) is 119 cm³/mol. The molecular weight excluding hydrogens is 497 g/mol. The number of hydrogen-bond donors (Lipinski definition) is 0. The zero-order valence-electron chi connectivity index (χ0n) is 18.0. The highest BCUT2D eigenvalue weighted by Crippen LogP contribution is 2.44. The summed E-state index contributed by atoms with van der Waals surface area (Å²) in [5, 5.41) is 0.995. The van der Waals surface area contributed by atoms with Gasteiger partial charge in [0.05, 0.1) is 11.1 Å². The van der Waals surface area contributed by atoms with Gasteiger partial charge in [0.2, 0.25) is 11.3 Å². The summed E-state index contributed by atoms with van der Waals surface area (Å²) in [6, 6.07) is 6.02. The number of amidine groups is 2. The summed E-state index contributed by atoms with van der Waals surface area (Å²) in [5.74, 6) is -5.70. The second-order valence-corrected chi connectivity index (χ2v) is 9.17. The molecule has 0 spiro atoms. The smallest absolute Gasteiger partial charge is 0.283 e.